The molecule has 3 rings (SSSR count). The summed E-state index contributed by atoms with van der Waals surface area (Å²) < 4.78 is 13.8. The first-order valence-electron chi connectivity index (χ1n) is 6.80. The Kier molecular flexibility index (Phi) is 2.91. The molecule has 1 nitrogen and oxygen atoms in total. The topological polar surface area (TPSA) is 26.0 Å². The molecule has 0 saturated heterocycles. The van der Waals surface area contributed by atoms with E-state index in [1.165, 1.54) is 31.2 Å². The number of hydrogen-bond donors (Lipinski definition) is 1. The molecule has 1 fully saturated rings. The van der Waals surface area contributed by atoms with Gasteiger partial charge in [-0.3, -0.25) is 0 Å². The largest absolute Gasteiger partial charge is 0.327 e. The lowest BCUT2D eigenvalue weighted by molar-refractivity contribution is 0.340. The van der Waals surface area contributed by atoms with Crippen LogP contribution in [0.2, 0.25) is 0 Å². The van der Waals surface area contributed by atoms with Crippen molar-refractivity contribution in [1.82, 2.24) is 0 Å². The van der Waals surface area contributed by atoms with E-state index in [4.69, 9.17) is 5.73 Å². The SMILES string of the molecule is NC1CCc2c(F)cccc2C1C1CCCC1. The second-order valence-electron chi connectivity index (χ2n) is 5.58. The van der Waals surface area contributed by atoms with Gasteiger partial charge in [-0.25, -0.2) is 4.39 Å². The van der Waals surface area contributed by atoms with Crippen molar-refractivity contribution in [3.05, 3.63) is 35.1 Å². The van der Waals surface area contributed by atoms with Gasteiger partial charge < -0.3 is 5.73 Å². The summed E-state index contributed by atoms with van der Waals surface area (Å²) >= 11 is 0. The van der Waals surface area contributed by atoms with E-state index in [-0.39, 0.29) is 11.9 Å². The number of nitrogens with two attached hydrogens (primary N) is 1. The van der Waals surface area contributed by atoms with Gasteiger partial charge in [-0.15, -0.1) is 0 Å². The van der Waals surface area contributed by atoms with Gasteiger partial charge in [0.2, 0.25) is 0 Å². The Bertz CT molecular complexity index is 409. The average Bonchev–Trinajstić information content (AvgIpc) is 2.82. The van der Waals surface area contributed by atoms with Gasteiger partial charge >= 0.3 is 0 Å². The zero-order valence-corrected chi connectivity index (χ0v) is 10.2. The molecule has 1 aromatic rings. The van der Waals surface area contributed by atoms with Crippen molar-refractivity contribution >= 4 is 0 Å². The third-order valence-electron chi connectivity index (χ3n) is 4.61. The van der Waals surface area contributed by atoms with Crippen LogP contribution in [0.15, 0.2) is 18.2 Å². The third kappa shape index (κ3) is 1.89. The van der Waals surface area contributed by atoms with Crippen molar-refractivity contribution in [2.24, 2.45) is 11.7 Å². The van der Waals surface area contributed by atoms with Crippen molar-refractivity contribution < 1.29 is 4.39 Å². The molecule has 2 N–H and O–H groups in total. The minimum Gasteiger partial charge on any atom is -0.327 e. The molecule has 17 heavy (non-hydrogen) atoms. The van der Waals surface area contributed by atoms with Crippen molar-refractivity contribution in [1.29, 1.82) is 0 Å². The summed E-state index contributed by atoms with van der Waals surface area (Å²) in [7, 11) is 0. The number of halogens is 1. The first kappa shape index (κ1) is 11.2. The molecule has 2 heteroatoms. The van der Waals surface area contributed by atoms with Gasteiger partial charge in [0.1, 0.15) is 5.82 Å². The Morgan fingerprint density at radius 2 is 1.88 bits per heavy atom. The lowest BCUT2D eigenvalue weighted by Gasteiger charge is -2.35. The molecule has 2 unspecified atom stereocenters. The Hall–Kier alpha value is -0.890. The first-order valence-corrected chi connectivity index (χ1v) is 6.80. The molecule has 0 amide bonds. The van der Waals surface area contributed by atoms with Crippen LogP contribution >= 0.6 is 0 Å². The van der Waals surface area contributed by atoms with Crippen LogP contribution in [-0.4, -0.2) is 6.04 Å². The summed E-state index contributed by atoms with van der Waals surface area (Å²) in [5.74, 6) is 1.06. The molecule has 1 saturated carbocycles. The fraction of sp³-hybridized carbons (Fsp3) is 0.600. The predicted molar refractivity (Wildman–Crippen MR) is 67.4 cm³/mol. The van der Waals surface area contributed by atoms with Gasteiger partial charge in [0.25, 0.3) is 0 Å². The molecule has 0 bridgehead atoms. The zero-order valence-electron chi connectivity index (χ0n) is 10.2. The van der Waals surface area contributed by atoms with E-state index in [9.17, 15) is 4.39 Å². The molecule has 0 aromatic heterocycles. The molecule has 0 heterocycles. The van der Waals surface area contributed by atoms with Crippen LogP contribution in [0.25, 0.3) is 0 Å². The van der Waals surface area contributed by atoms with Crippen molar-refractivity contribution in [3.63, 3.8) is 0 Å². The van der Waals surface area contributed by atoms with E-state index >= 15 is 0 Å². The lowest BCUT2D eigenvalue weighted by atomic mass is 9.72. The van der Waals surface area contributed by atoms with Gasteiger partial charge in [-0.05, 0) is 48.8 Å². The Labute approximate surface area is 102 Å². The van der Waals surface area contributed by atoms with Crippen LogP contribution in [0.3, 0.4) is 0 Å². The highest BCUT2D eigenvalue weighted by molar-refractivity contribution is 5.36. The fourth-order valence-corrected chi connectivity index (χ4v) is 3.79. The molecule has 0 spiro atoms. The van der Waals surface area contributed by atoms with E-state index < -0.39 is 0 Å². The van der Waals surface area contributed by atoms with Crippen molar-refractivity contribution in [3.8, 4) is 0 Å². The van der Waals surface area contributed by atoms with E-state index in [1.807, 2.05) is 6.07 Å². The molecule has 0 radical (unpaired) electrons. The van der Waals surface area contributed by atoms with Crippen LogP contribution in [0.5, 0.6) is 0 Å². The van der Waals surface area contributed by atoms with Crippen molar-refractivity contribution in [2.75, 3.05) is 0 Å². The summed E-state index contributed by atoms with van der Waals surface area (Å²) in [5.41, 5.74) is 8.44. The maximum absolute atomic E-state index is 13.8. The monoisotopic (exact) mass is 233 g/mol. The third-order valence-corrected chi connectivity index (χ3v) is 4.61. The highest BCUT2D eigenvalue weighted by Gasteiger charge is 2.35. The Morgan fingerprint density at radius 1 is 1.12 bits per heavy atom. The Morgan fingerprint density at radius 3 is 2.65 bits per heavy atom. The normalized spacial score (nSPS) is 29.3. The van der Waals surface area contributed by atoms with Crippen LogP contribution < -0.4 is 5.73 Å². The summed E-state index contributed by atoms with van der Waals surface area (Å²) in [6.45, 7) is 0. The fourth-order valence-electron chi connectivity index (χ4n) is 3.79. The maximum Gasteiger partial charge on any atom is 0.126 e. The predicted octanol–water partition coefficient (Wildman–Crippen LogP) is 3.37. The van der Waals surface area contributed by atoms with E-state index in [2.05, 4.69) is 6.07 Å². The second kappa shape index (κ2) is 4.41. The Balaban J connectivity index is 2.00. The van der Waals surface area contributed by atoms with Crippen LogP contribution in [0, 0.1) is 11.7 Å². The van der Waals surface area contributed by atoms with Crippen LogP contribution in [-0.2, 0) is 6.42 Å². The molecule has 2 aliphatic rings. The lowest BCUT2D eigenvalue weighted by Crippen LogP contribution is -2.37. The summed E-state index contributed by atoms with van der Waals surface area (Å²) in [4.78, 5) is 0. The molecular weight excluding hydrogens is 213 g/mol. The van der Waals surface area contributed by atoms with Gasteiger partial charge in [0.05, 0.1) is 0 Å². The second-order valence-corrected chi connectivity index (χ2v) is 5.58. The molecule has 1 aromatic carbocycles. The number of fused-ring (bicyclic) bond motifs is 1. The number of rotatable bonds is 1. The summed E-state index contributed by atoms with van der Waals surface area (Å²) in [6.07, 6.45) is 6.93. The van der Waals surface area contributed by atoms with Gasteiger partial charge in [-0.2, -0.15) is 0 Å². The number of hydrogen-bond acceptors (Lipinski definition) is 1. The summed E-state index contributed by atoms with van der Waals surface area (Å²) in [6, 6.07) is 5.75. The summed E-state index contributed by atoms with van der Waals surface area (Å²) in [5, 5.41) is 0. The van der Waals surface area contributed by atoms with Crippen LogP contribution in [0.1, 0.15) is 49.1 Å². The average molecular weight is 233 g/mol. The minimum absolute atomic E-state index is 0.0302. The van der Waals surface area contributed by atoms with Gasteiger partial charge in [0.15, 0.2) is 0 Å². The van der Waals surface area contributed by atoms with Gasteiger partial charge in [-0.1, -0.05) is 25.0 Å². The first-order chi connectivity index (χ1) is 8.27. The molecule has 2 aliphatic carbocycles. The highest BCUT2D eigenvalue weighted by Crippen LogP contribution is 2.43. The standard InChI is InChI=1S/C15H20FN/c16-13-7-3-6-12-11(13)8-9-14(17)15(12)10-4-1-2-5-10/h3,6-7,10,14-15H,1-2,4-5,8-9,17H2. The minimum atomic E-state index is -0.0302. The van der Waals surface area contributed by atoms with Gasteiger partial charge in [0, 0.05) is 12.0 Å². The van der Waals surface area contributed by atoms with Crippen molar-refractivity contribution in [2.45, 2.75) is 50.5 Å². The maximum atomic E-state index is 13.8. The van der Waals surface area contributed by atoms with E-state index in [0.29, 0.717) is 11.8 Å². The molecule has 0 aliphatic heterocycles. The van der Waals surface area contributed by atoms with E-state index in [1.54, 1.807) is 6.07 Å². The smallest absolute Gasteiger partial charge is 0.126 e. The highest BCUT2D eigenvalue weighted by atomic mass is 19.1. The number of benzene rings is 1. The van der Waals surface area contributed by atoms with E-state index in [0.717, 1.165) is 18.4 Å². The molecular formula is C15H20FN. The zero-order chi connectivity index (χ0) is 11.8. The molecule has 92 valence electrons. The molecule has 2 atom stereocenters. The quantitative estimate of drug-likeness (QED) is 0.790. The van der Waals surface area contributed by atoms with Crippen LogP contribution in [0.4, 0.5) is 4.39 Å².